The number of benzene rings is 2. The summed E-state index contributed by atoms with van der Waals surface area (Å²) in [4.78, 5) is 0. The molecule has 2 heteroatoms. The summed E-state index contributed by atoms with van der Waals surface area (Å²) in [6.07, 6.45) is 2.66. The third-order valence-corrected chi connectivity index (χ3v) is 3.63. The lowest BCUT2D eigenvalue weighted by molar-refractivity contribution is 0.415. The largest absolute Gasteiger partial charge is 0.497 e. The molecule has 1 atom stereocenters. The van der Waals surface area contributed by atoms with Gasteiger partial charge in [-0.05, 0) is 54.3 Å². The van der Waals surface area contributed by atoms with Crippen LogP contribution >= 0.6 is 0 Å². The molecule has 1 aliphatic rings. The van der Waals surface area contributed by atoms with Crippen LogP contribution in [0.15, 0.2) is 36.4 Å². The summed E-state index contributed by atoms with van der Waals surface area (Å²) in [6.45, 7) is 2.24. The summed E-state index contributed by atoms with van der Waals surface area (Å²) in [6, 6.07) is 14.1. The summed E-state index contributed by atoms with van der Waals surface area (Å²) in [7, 11) is 1.71. The van der Waals surface area contributed by atoms with Gasteiger partial charge in [0, 0.05) is 12.1 Å². The van der Waals surface area contributed by atoms with Gasteiger partial charge in [0.05, 0.1) is 7.11 Å². The van der Waals surface area contributed by atoms with E-state index in [1.165, 1.54) is 29.2 Å². The first-order chi connectivity index (χ1) is 8.76. The monoisotopic (exact) mass is 241 g/mol. The highest BCUT2D eigenvalue weighted by Gasteiger charge is 2.23. The minimum absolute atomic E-state index is 0.434. The van der Waals surface area contributed by atoms with Gasteiger partial charge < -0.3 is 10.1 Å². The molecule has 1 N–H and O–H groups in total. The number of rotatable bonds is 4. The number of fused-ring (bicyclic) bond motifs is 1. The Balaban J connectivity index is 1.90. The molecule has 0 amide bonds. The first-order valence-electron chi connectivity index (χ1n) is 6.60. The number of methoxy groups -OCH3 is 1. The van der Waals surface area contributed by atoms with Gasteiger partial charge in [-0.25, -0.2) is 0 Å². The van der Waals surface area contributed by atoms with Gasteiger partial charge in [0.2, 0.25) is 0 Å². The maximum Gasteiger partial charge on any atom is 0.119 e. The van der Waals surface area contributed by atoms with Crippen LogP contribution in [-0.2, 0) is 0 Å². The zero-order valence-corrected chi connectivity index (χ0v) is 10.9. The molecule has 0 saturated heterocycles. The van der Waals surface area contributed by atoms with Gasteiger partial charge in [-0.1, -0.05) is 18.2 Å². The molecule has 0 bridgehead atoms. The summed E-state index contributed by atoms with van der Waals surface area (Å²) in [5.74, 6) is 0.916. The Hall–Kier alpha value is -1.54. The molecule has 0 heterocycles. The fourth-order valence-electron chi connectivity index (χ4n) is 2.34. The molecule has 0 aromatic heterocycles. The minimum atomic E-state index is 0.434. The normalized spacial score (nSPS) is 16.8. The highest BCUT2D eigenvalue weighted by Crippen LogP contribution is 2.27. The Morgan fingerprint density at radius 3 is 2.56 bits per heavy atom. The quantitative estimate of drug-likeness (QED) is 0.882. The van der Waals surface area contributed by atoms with Crippen molar-refractivity contribution < 1.29 is 4.74 Å². The average molecular weight is 241 g/mol. The SMILES string of the molecule is COc1ccc2cc(C(C)NC3CC3)ccc2c1. The fourth-order valence-corrected chi connectivity index (χ4v) is 2.34. The van der Waals surface area contributed by atoms with Crippen molar-refractivity contribution in [1.29, 1.82) is 0 Å². The van der Waals surface area contributed by atoms with Crippen LogP contribution in [0.5, 0.6) is 5.75 Å². The molecule has 0 spiro atoms. The molecule has 2 aromatic carbocycles. The maximum atomic E-state index is 5.25. The van der Waals surface area contributed by atoms with E-state index in [0.717, 1.165) is 11.8 Å². The number of hydrogen-bond donors (Lipinski definition) is 1. The molecule has 1 unspecified atom stereocenters. The van der Waals surface area contributed by atoms with E-state index >= 15 is 0 Å². The van der Waals surface area contributed by atoms with Gasteiger partial charge in [-0.3, -0.25) is 0 Å². The molecule has 18 heavy (non-hydrogen) atoms. The van der Waals surface area contributed by atoms with Gasteiger partial charge in [-0.2, -0.15) is 0 Å². The van der Waals surface area contributed by atoms with Crippen molar-refractivity contribution in [3.63, 3.8) is 0 Å². The van der Waals surface area contributed by atoms with Crippen molar-refractivity contribution in [3.05, 3.63) is 42.0 Å². The van der Waals surface area contributed by atoms with Crippen LogP contribution in [-0.4, -0.2) is 13.2 Å². The van der Waals surface area contributed by atoms with E-state index in [1.807, 2.05) is 6.07 Å². The minimum Gasteiger partial charge on any atom is -0.497 e. The van der Waals surface area contributed by atoms with Crippen LogP contribution in [0.2, 0.25) is 0 Å². The van der Waals surface area contributed by atoms with E-state index in [2.05, 4.69) is 42.6 Å². The van der Waals surface area contributed by atoms with Crippen molar-refractivity contribution >= 4 is 10.8 Å². The molecule has 0 aliphatic heterocycles. The maximum absolute atomic E-state index is 5.25. The van der Waals surface area contributed by atoms with Crippen LogP contribution in [0.4, 0.5) is 0 Å². The van der Waals surface area contributed by atoms with Crippen LogP contribution in [0.1, 0.15) is 31.4 Å². The Kier molecular flexibility index (Phi) is 2.96. The van der Waals surface area contributed by atoms with E-state index < -0.39 is 0 Å². The molecular weight excluding hydrogens is 222 g/mol. The molecular formula is C16H19NO. The summed E-state index contributed by atoms with van der Waals surface area (Å²) in [5.41, 5.74) is 1.36. The highest BCUT2D eigenvalue weighted by molar-refractivity contribution is 5.84. The second-order valence-corrected chi connectivity index (χ2v) is 5.14. The predicted molar refractivity (Wildman–Crippen MR) is 75.1 cm³/mol. The highest BCUT2D eigenvalue weighted by atomic mass is 16.5. The number of nitrogens with one attached hydrogen (secondary N) is 1. The lowest BCUT2D eigenvalue weighted by Gasteiger charge is -2.14. The molecule has 3 rings (SSSR count). The Bertz CT molecular complexity index is 560. The van der Waals surface area contributed by atoms with Crippen molar-refractivity contribution in [2.75, 3.05) is 7.11 Å². The Morgan fingerprint density at radius 1 is 1.11 bits per heavy atom. The van der Waals surface area contributed by atoms with Gasteiger partial charge in [0.1, 0.15) is 5.75 Å². The van der Waals surface area contributed by atoms with Crippen molar-refractivity contribution in [2.24, 2.45) is 0 Å². The van der Waals surface area contributed by atoms with Gasteiger partial charge in [0.15, 0.2) is 0 Å². The third-order valence-electron chi connectivity index (χ3n) is 3.63. The third kappa shape index (κ3) is 2.34. The Morgan fingerprint density at radius 2 is 1.83 bits per heavy atom. The topological polar surface area (TPSA) is 21.3 Å². The van der Waals surface area contributed by atoms with Crippen LogP contribution in [0.25, 0.3) is 10.8 Å². The first kappa shape index (κ1) is 11.5. The van der Waals surface area contributed by atoms with E-state index in [9.17, 15) is 0 Å². The van der Waals surface area contributed by atoms with Gasteiger partial charge >= 0.3 is 0 Å². The second-order valence-electron chi connectivity index (χ2n) is 5.14. The zero-order valence-electron chi connectivity index (χ0n) is 10.9. The molecule has 0 radical (unpaired) electrons. The van der Waals surface area contributed by atoms with E-state index in [1.54, 1.807) is 7.11 Å². The van der Waals surface area contributed by atoms with Gasteiger partial charge in [-0.15, -0.1) is 0 Å². The van der Waals surface area contributed by atoms with E-state index in [0.29, 0.717) is 6.04 Å². The Labute approximate surface area is 108 Å². The lowest BCUT2D eigenvalue weighted by Crippen LogP contribution is -2.20. The number of ether oxygens (including phenoxy) is 1. The van der Waals surface area contributed by atoms with Crippen LogP contribution in [0.3, 0.4) is 0 Å². The van der Waals surface area contributed by atoms with Crippen molar-refractivity contribution in [1.82, 2.24) is 5.32 Å². The molecule has 2 aromatic rings. The molecule has 2 nitrogen and oxygen atoms in total. The van der Waals surface area contributed by atoms with E-state index in [4.69, 9.17) is 4.74 Å². The van der Waals surface area contributed by atoms with Crippen molar-refractivity contribution in [2.45, 2.75) is 31.8 Å². The standard InChI is InChI=1S/C16H19NO/c1-11(17-15-6-7-15)12-3-4-14-10-16(18-2)8-5-13(14)9-12/h3-5,8-11,15,17H,6-7H2,1-2H3. The molecule has 1 saturated carbocycles. The summed E-state index contributed by atoms with van der Waals surface area (Å²) < 4.78 is 5.25. The number of hydrogen-bond acceptors (Lipinski definition) is 2. The second kappa shape index (κ2) is 4.62. The van der Waals surface area contributed by atoms with Gasteiger partial charge in [0.25, 0.3) is 0 Å². The fraction of sp³-hybridized carbons (Fsp3) is 0.375. The smallest absolute Gasteiger partial charge is 0.119 e. The first-order valence-corrected chi connectivity index (χ1v) is 6.60. The average Bonchev–Trinajstić information content (AvgIpc) is 3.21. The van der Waals surface area contributed by atoms with Crippen LogP contribution in [0, 0.1) is 0 Å². The summed E-state index contributed by atoms with van der Waals surface area (Å²) in [5, 5.41) is 6.14. The lowest BCUT2D eigenvalue weighted by atomic mass is 10.0. The zero-order chi connectivity index (χ0) is 12.5. The molecule has 1 aliphatic carbocycles. The molecule has 1 fully saturated rings. The predicted octanol–water partition coefficient (Wildman–Crippen LogP) is 3.66. The summed E-state index contributed by atoms with van der Waals surface area (Å²) >= 11 is 0. The molecule has 94 valence electrons. The van der Waals surface area contributed by atoms with E-state index in [-0.39, 0.29) is 0 Å². The van der Waals surface area contributed by atoms with Crippen molar-refractivity contribution in [3.8, 4) is 5.75 Å². The van der Waals surface area contributed by atoms with Crippen LogP contribution < -0.4 is 10.1 Å².